The summed E-state index contributed by atoms with van der Waals surface area (Å²) < 4.78 is 161. The molecule has 1 unspecified atom stereocenters. The van der Waals surface area contributed by atoms with E-state index in [4.69, 9.17) is 10.2 Å². The first-order valence-corrected chi connectivity index (χ1v) is 23.8. The number of aliphatic hydroxyl groups is 2. The van der Waals surface area contributed by atoms with Crippen molar-refractivity contribution in [1.82, 2.24) is 0 Å². The largest absolute Gasteiger partial charge is 0.463 e. The van der Waals surface area contributed by atoms with Crippen LogP contribution in [-0.4, -0.2) is 71.3 Å². The summed E-state index contributed by atoms with van der Waals surface area (Å²) in [5.41, 5.74) is -11.1. The van der Waals surface area contributed by atoms with Crippen LogP contribution in [0.15, 0.2) is 24.8 Å². The second-order valence-corrected chi connectivity index (χ2v) is 17.2. The zero-order valence-corrected chi connectivity index (χ0v) is 38.1. The van der Waals surface area contributed by atoms with Gasteiger partial charge in [-0.2, -0.15) is 52.7 Å². The minimum atomic E-state index is -6.25. The van der Waals surface area contributed by atoms with Gasteiger partial charge < -0.3 is 19.7 Å². The minimum absolute atomic E-state index is 0.0972. The van der Waals surface area contributed by atoms with Crippen LogP contribution >= 0.6 is 0 Å². The van der Waals surface area contributed by atoms with Crippen LogP contribution in [-0.2, 0) is 19.1 Å². The Morgan fingerprint density at radius 3 is 0.923 bits per heavy atom. The number of unbranched alkanes of at least 4 members (excludes halogenated alkanes) is 27. The molecule has 0 aromatic heterocycles. The first kappa shape index (κ1) is 62.5. The van der Waals surface area contributed by atoms with Gasteiger partial charge in [0, 0.05) is 0 Å². The Balaban J connectivity index is 4.05. The maximum Gasteiger partial charge on any atom is 0.437 e. The lowest BCUT2D eigenvalue weighted by Gasteiger charge is -2.29. The molecule has 0 spiro atoms. The van der Waals surface area contributed by atoms with Gasteiger partial charge in [0.2, 0.25) is 0 Å². The summed E-state index contributed by atoms with van der Waals surface area (Å²) in [6.07, 6.45) is 13.2. The van der Waals surface area contributed by atoms with Gasteiger partial charge in [0.1, 0.15) is 0 Å². The third-order valence-corrected chi connectivity index (χ3v) is 11.6. The van der Waals surface area contributed by atoms with Crippen LogP contribution < -0.4 is 0 Å². The first-order valence-electron chi connectivity index (χ1n) is 23.8. The molecule has 0 saturated carbocycles. The number of hydrogen-bond donors (Lipinski definition) is 2. The number of ether oxygens (including phenoxy) is 2. The molecule has 0 aliphatic heterocycles. The first-order chi connectivity index (χ1) is 30.5. The fraction of sp³-hybridized carbons (Fsp3) is 0.872. The molecule has 0 rings (SSSR count). The van der Waals surface area contributed by atoms with Crippen molar-refractivity contribution in [2.75, 3.05) is 13.2 Å². The number of hydrogen-bond acceptors (Lipinski definition) is 6. The van der Waals surface area contributed by atoms with Crippen LogP contribution in [0.3, 0.4) is 0 Å². The van der Waals surface area contributed by atoms with E-state index in [9.17, 15) is 62.3 Å². The van der Waals surface area contributed by atoms with Gasteiger partial charge in [0.15, 0.2) is 0 Å². The van der Waals surface area contributed by atoms with E-state index >= 15 is 0 Å². The Labute approximate surface area is 378 Å². The Kier molecular flexibility index (Phi) is 32.6. The van der Waals surface area contributed by atoms with Crippen LogP contribution in [0.25, 0.3) is 0 Å². The monoisotopic (exact) mass is 965 g/mol. The van der Waals surface area contributed by atoms with E-state index in [2.05, 4.69) is 28.2 Å². The van der Waals surface area contributed by atoms with Gasteiger partial charge in [0.05, 0.1) is 13.2 Å². The third kappa shape index (κ3) is 26.0. The number of rotatable bonds is 40. The van der Waals surface area contributed by atoms with Gasteiger partial charge in [-0.15, -0.1) is 6.58 Å². The summed E-state index contributed by atoms with van der Waals surface area (Å²) in [4.78, 5) is 22.8. The smallest absolute Gasteiger partial charge is 0.437 e. The zero-order chi connectivity index (χ0) is 49.3. The molecule has 0 aromatic rings. The normalized spacial score (nSPS) is 13.7. The Bertz CT molecular complexity index is 1240. The number of allylic oxidation sites excluding steroid dienone is 3. The van der Waals surface area contributed by atoms with Crippen LogP contribution in [0.4, 0.5) is 52.7 Å². The van der Waals surface area contributed by atoms with Gasteiger partial charge in [-0.05, 0) is 57.3 Å². The van der Waals surface area contributed by atoms with Crippen molar-refractivity contribution in [3.8, 4) is 0 Å². The molecule has 0 fully saturated rings. The van der Waals surface area contributed by atoms with Crippen molar-refractivity contribution in [1.29, 1.82) is 0 Å². The molecule has 2 N–H and O–H groups in total. The lowest BCUT2D eigenvalue weighted by atomic mass is 9.93. The molecule has 0 saturated heterocycles. The standard InChI is InChI=1S/C47H76F12O6/c1-2-3-4-5-24-29-34-39(36-31-26-21-17-15-19-23-28-33-38-65-41(61)43(63,46(54,55)56)47(57,58)59)35-30-25-20-16-13-11-9-7-6-8-10-12-14-18-22-27-32-37-64-40(60)42(62,44(48,49)50)45(51,52)53/h2,30,35,39,62-63H,1,3-29,31-34,36-38H2/b35-30+. The maximum absolute atomic E-state index is 12.7. The second-order valence-electron chi connectivity index (χ2n) is 17.2. The Morgan fingerprint density at radius 2 is 0.646 bits per heavy atom. The average molecular weight is 965 g/mol. The van der Waals surface area contributed by atoms with E-state index in [0.717, 1.165) is 89.9 Å². The predicted octanol–water partition coefficient (Wildman–Crippen LogP) is 15.6. The van der Waals surface area contributed by atoms with Crippen molar-refractivity contribution in [2.24, 2.45) is 5.92 Å². The minimum Gasteiger partial charge on any atom is -0.463 e. The van der Waals surface area contributed by atoms with Crippen LogP contribution in [0, 0.1) is 5.92 Å². The molecular formula is C47H76F12O6. The molecular weight excluding hydrogens is 888 g/mol. The van der Waals surface area contributed by atoms with E-state index in [1.165, 1.54) is 77.0 Å². The molecule has 0 radical (unpaired) electrons. The lowest BCUT2D eigenvalue weighted by molar-refractivity contribution is -0.358. The van der Waals surface area contributed by atoms with E-state index in [1.807, 2.05) is 6.08 Å². The van der Waals surface area contributed by atoms with Gasteiger partial charge in [-0.1, -0.05) is 172 Å². The summed E-state index contributed by atoms with van der Waals surface area (Å²) in [6.45, 7) is 2.51. The quantitative estimate of drug-likeness (QED) is 0.0275. The topological polar surface area (TPSA) is 93.1 Å². The zero-order valence-electron chi connectivity index (χ0n) is 38.1. The molecule has 0 amide bonds. The predicted molar refractivity (Wildman–Crippen MR) is 227 cm³/mol. The molecule has 65 heavy (non-hydrogen) atoms. The Morgan fingerprint density at radius 1 is 0.400 bits per heavy atom. The van der Waals surface area contributed by atoms with E-state index < -0.39 is 61.1 Å². The van der Waals surface area contributed by atoms with Gasteiger partial charge in [0.25, 0.3) is 0 Å². The van der Waals surface area contributed by atoms with Crippen molar-refractivity contribution in [3.63, 3.8) is 0 Å². The summed E-state index contributed by atoms with van der Waals surface area (Å²) in [5.74, 6) is -4.96. The molecule has 0 aliphatic rings. The maximum atomic E-state index is 12.7. The Hall–Kier alpha value is -2.50. The average Bonchev–Trinajstić information content (AvgIpc) is 3.21. The molecule has 384 valence electrons. The number of esters is 2. The second kappa shape index (κ2) is 33.9. The van der Waals surface area contributed by atoms with E-state index in [0.29, 0.717) is 31.6 Å². The third-order valence-electron chi connectivity index (χ3n) is 11.6. The number of carbonyl (C=O) groups excluding carboxylic acids is 2. The molecule has 0 aromatic carbocycles. The van der Waals surface area contributed by atoms with Gasteiger partial charge in [-0.25, -0.2) is 9.59 Å². The molecule has 6 nitrogen and oxygen atoms in total. The van der Waals surface area contributed by atoms with Crippen LogP contribution in [0.2, 0.25) is 0 Å². The van der Waals surface area contributed by atoms with Gasteiger partial charge >= 0.3 is 47.8 Å². The fourth-order valence-electron chi connectivity index (χ4n) is 7.41. The van der Waals surface area contributed by atoms with Crippen LogP contribution in [0.5, 0.6) is 0 Å². The van der Waals surface area contributed by atoms with E-state index in [-0.39, 0.29) is 12.8 Å². The van der Waals surface area contributed by atoms with E-state index in [1.54, 1.807) is 0 Å². The number of carbonyl (C=O) groups is 2. The molecule has 0 aliphatic carbocycles. The summed E-state index contributed by atoms with van der Waals surface area (Å²) >= 11 is 0. The highest BCUT2D eigenvalue weighted by Gasteiger charge is 2.77. The number of alkyl halides is 12. The highest BCUT2D eigenvalue weighted by molar-refractivity contribution is 5.82. The highest BCUT2D eigenvalue weighted by atomic mass is 19.4. The summed E-state index contributed by atoms with van der Waals surface area (Å²) in [7, 11) is 0. The highest BCUT2D eigenvalue weighted by Crippen LogP contribution is 2.45. The van der Waals surface area contributed by atoms with Crippen molar-refractivity contribution in [3.05, 3.63) is 24.8 Å². The SMILES string of the molecule is C=CCCCCCCC(/C=C/CCCCCCCCCCCCCCCCCOC(=O)C(O)(C(F)(F)F)C(F)(F)F)CCCCCCCCCCCOC(=O)C(O)(C(F)(F)F)C(F)(F)F. The van der Waals surface area contributed by atoms with Crippen molar-refractivity contribution >= 4 is 11.9 Å². The molecule has 0 bridgehead atoms. The fourth-order valence-corrected chi connectivity index (χ4v) is 7.41. The van der Waals surface area contributed by atoms with Crippen molar-refractivity contribution < 1.29 is 82.0 Å². The molecule has 18 heteroatoms. The van der Waals surface area contributed by atoms with Crippen LogP contribution in [0.1, 0.15) is 205 Å². The number of halogens is 12. The van der Waals surface area contributed by atoms with Crippen molar-refractivity contribution in [2.45, 2.75) is 241 Å². The summed E-state index contributed by atoms with van der Waals surface area (Å²) in [5, 5.41) is 18.0. The molecule has 0 heterocycles. The summed E-state index contributed by atoms with van der Waals surface area (Å²) in [6, 6.07) is 0. The molecule has 1 atom stereocenters. The van der Waals surface area contributed by atoms with Gasteiger partial charge in [-0.3, -0.25) is 0 Å². The lowest BCUT2D eigenvalue weighted by Crippen LogP contribution is -2.63.